The van der Waals surface area contributed by atoms with Gasteiger partial charge < -0.3 is 0 Å². The van der Waals surface area contributed by atoms with Gasteiger partial charge in [0.05, 0.1) is 19.8 Å². The smallest absolute Gasteiger partial charge is 0.287 e. The maximum Gasteiger partial charge on any atom is 0.475 e. The molecule has 1 aliphatic heterocycles. The summed E-state index contributed by atoms with van der Waals surface area (Å²) in [4.78, 5) is 0. The lowest BCUT2D eigenvalue weighted by Crippen LogP contribution is -2.17. The Balaban J connectivity index is 2.58. The average Bonchev–Trinajstić information content (AvgIpc) is 2.63. The van der Waals surface area contributed by atoms with Gasteiger partial charge in [0.2, 0.25) is 0 Å². The molecule has 1 heterocycles. The normalized spacial score (nSPS) is 23.3. The van der Waals surface area contributed by atoms with Gasteiger partial charge in [-0.25, -0.2) is 4.57 Å². The molecule has 0 aliphatic carbocycles. The Morgan fingerprint density at radius 3 is 2.17 bits per heavy atom. The SMILES string of the molecule is CCCOP(=O)(OCCC)OC1COS(=O)(=O)C1. The van der Waals surface area contributed by atoms with Crippen LogP contribution in [0.25, 0.3) is 0 Å². The fourth-order valence-corrected chi connectivity index (χ4v) is 3.94. The van der Waals surface area contributed by atoms with Crippen molar-refractivity contribution in [2.75, 3.05) is 25.6 Å². The van der Waals surface area contributed by atoms with Crippen LogP contribution < -0.4 is 0 Å². The molecule has 7 nitrogen and oxygen atoms in total. The van der Waals surface area contributed by atoms with Crippen LogP contribution in [0.5, 0.6) is 0 Å². The van der Waals surface area contributed by atoms with Gasteiger partial charge in [-0.1, -0.05) is 13.8 Å². The van der Waals surface area contributed by atoms with Crippen molar-refractivity contribution in [1.82, 2.24) is 0 Å². The second-order valence-corrected chi connectivity index (χ2v) is 7.16. The van der Waals surface area contributed by atoms with Crippen LogP contribution in [0.15, 0.2) is 0 Å². The molecular formula is C9H19O7PS. The summed E-state index contributed by atoms with van der Waals surface area (Å²) in [5.41, 5.74) is 0. The zero-order chi connectivity index (χ0) is 13.6. The fourth-order valence-electron chi connectivity index (χ4n) is 1.25. The van der Waals surface area contributed by atoms with Crippen LogP contribution in [0.2, 0.25) is 0 Å². The second kappa shape index (κ2) is 6.98. The highest BCUT2D eigenvalue weighted by Gasteiger charge is 2.37. The molecule has 0 bridgehead atoms. The monoisotopic (exact) mass is 302 g/mol. The molecule has 108 valence electrons. The Kier molecular flexibility index (Phi) is 6.23. The van der Waals surface area contributed by atoms with Crippen LogP contribution in [0.1, 0.15) is 26.7 Å². The lowest BCUT2D eigenvalue weighted by Gasteiger charge is -2.19. The van der Waals surface area contributed by atoms with Gasteiger partial charge in [0, 0.05) is 0 Å². The Labute approximate surface area is 107 Å². The van der Waals surface area contributed by atoms with E-state index < -0.39 is 24.0 Å². The Morgan fingerprint density at radius 2 is 1.78 bits per heavy atom. The number of hydrogen-bond acceptors (Lipinski definition) is 7. The molecule has 0 aromatic heterocycles. The van der Waals surface area contributed by atoms with Crippen LogP contribution in [-0.2, 0) is 32.4 Å². The second-order valence-electron chi connectivity index (χ2n) is 3.85. The maximum atomic E-state index is 12.2. The quantitative estimate of drug-likeness (QED) is 0.498. The van der Waals surface area contributed by atoms with Crippen LogP contribution in [0.3, 0.4) is 0 Å². The standard InChI is InChI=1S/C9H19O7PS/c1-3-5-13-17(10,14-6-4-2)16-9-7-15-18(11,12)8-9/h9H,3-8H2,1-2H3. The summed E-state index contributed by atoms with van der Waals surface area (Å²) in [6.45, 7) is 4.00. The van der Waals surface area contributed by atoms with E-state index in [4.69, 9.17) is 13.6 Å². The third-order valence-corrected chi connectivity index (χ3v) is 4.84. The van der Waals surface area contributed by atoms with Crippen LogP contribution in [0, 0.1) is 0 Å². The van der Waals surface area contributed by atoms with Crippen molar-refractivity contribution in [2.24, 2.45) is 0 Å². The largest absolute Gasteiger partial charge is 0.475 e. The molecule has 0 aromatic rings. The van der Waals surface area contributed by atoms with Crippen molar-refractivity contribution in [2.45, 2.75) is 32.8 Å². The Hall–Kier alpha value is 0.0200. The highest BCUT2D eigenvalue weighted by atomic mass is 32.2. The van der Waals surface area contributed by atoms with Gasteiger partial charge in [-0.3, -0.25) is 17.8 Å². The van der Waals surface area contributed by atoms with Gasteiger partial charge >= 0.3 is 7.82 Å². The lowest BCUT2D eigenvalue weighted by atomic mass is 10.5. The van der Waals surface area contributed by atoms with Gasteiger partial charge in [-0.15, -0.1) is 0 Å². The minimum absolute atomic E-state index is 0.155. The van der Waals surface area contributed by atoms with E-state index in [9.17, 15) is 13.0 Å². The zero-order valence-corrected chi connectivity index (χ0v) is 12.2. The summed E-state index contributed by atoms with van der Waals surface area (Å²) in [5.74, 6) is -0.331. The first-order valence-electron chi connectivity index (χ1n) is 5.85. The molecule has 1 saturated heterocycles. The molecule has 1 unspecified atom stereocenters. The molecule has 0 radical (unpaired) electrons. The van der Waals surface area contributed by atoms with Gasteiger partial charge in [0.1, 0.15) is 11.9 Å². The predicted octanol–water partition coefficient (Wildman–Crippen LogP) is 1.69. The van der Waals surface area contributed by atoms with E-state index >= 15 is 0 Å². The minimum Gasteiger partial charge on any atom is -0.287 e. The average molecular weight is 302 g/mol. The number of phosphoric ester groups is 1. The first kappa shape index (κ1) is 16.1. The molecule has 18 heavy (non-hydrogen) atoms. The molecule has 1 atom stereocenters. The fraction of sp³-hybridized carbons (Fsp3) is 1.00. The lowest BCUT2D eigenvalue weighted by molar-refractivity contribution is 0.0759. The Morgan fingerprint density at radius 1 is 1.22 bits per heavy atom. The highest BCUT2D eigenvalue weighted by molar-refractivity contribution is 7.87. The van der Waals surface area contributed by atoms with Crippen molar-refractivity contribution < 1.29 is 30.7 Å². The van der Waals surface area contributed by atoms with E-state index in [-0.39, 0.29) is 25.6 Å². The molecule has 1 fully saturated rings. The summed E-state index contributed by atoms with van der Waals surface area (Å²) < 4.78 is 54.2. The highest BCUT2D eigenvalue weighted by Crippen LogP contribution is 2.51. The van der Waals surface area contributed by atoms with Gasteiger partial charge in [-0.05, 0) is 12.8 Å². The number of rotatable bonds is 8. The van der Waals surface area contributed by atoms with Crippen LogP contribution >= 0.6 is 7.82 Å². The number of hydrogen-bond donors (Lipinski definition) is 0. The predicted molar refractivity (Wildman–Crippen MR) is 64.7 cm³/mol. The van der Waals surface area contributed by atoms with E-state index in [1.165, 1.54) is 0 Å². The van der Waals surface area contributed by atoms with Crippen LogP contribution in [0.4, 0.5) is 0 Å². The van der Waals surface area contributed by atoms with Crippen molar-refractivity contribution in [3.8, 4) is 0 Å². The van der Waals surface area contributed by atoms with E-state index in [1.807, 2.05) is 13.8 Å². The Bertz CT molecular complexity index is 382. The van der Waals surface area contributed by atoms with E-state index in [0.717, 1.165) is 0 Å². The zero-order valence-electron chi connectivity index (χ0n) is 10.5. The van der Waals surface area contributed by atoms with E-state index in [0.29, 0.717) is 12.8 Å². The van der Waals surface area contributed by atoms with Crippen molar-refractivity contribution >= 4 is 17.9 Å². The summed E-state index contributed by atoms with van der Waals surface area (Å²) in [6, 6.07) is 0. The summed E-state index contributed by atoms with van der Waals surface area (Å²) in [7, 11) is -7.27. The third-order valence-electron chi connectivity index (χ3n) is 2.01. The molecule has 0 N–H and O–H groups in total. The molecule has 0 amide bonds. The molecule has 1 rings (SSSR count). The molecule has 0 saturated carbocycles. The van der Waals surface area contributed by atoms with Crippen molar-refractivity contribution in [3.05, 3.63) is 0 Å². The third kappa shape index (κ3) is 5.34. The topological polar surface area (TPSA) is 88.1 Å². The van der Waals surface area contributed by atoms with Crippen molar-refractivity contribution in [1.29, 1.82) is 0 Å². The number of phosphoric acid groups is 1. The summed E-state index contributed by atoms with van der Waals surface area (Å²) in [6.07, 6.45) is 0.500. The van der Waals surface area contributed by atoms with E-state index in [2.05, 4.69) is 4.18 Å². The molecular weight excluding hydrogens is 283 g/mol. The van der Waals surface area contributed by atoms with Crippen molar-refractivity contribution in [3.63, 3.8) is 0 Å². The van der Waals surface area contributed by atoms with E-state index in [1.54, 1.807) is 0 Å². The van der Waals surface area contributed by atoms with Crippen LogP contribution in [-0.4, -0.2) is 40.1 Å². The molecule has 0 spiro atoms. The maximum absolute atomic E-state index is 12.2. The first-order chi connectivity index (χ1) is 8.41. The molecule has 1 aliphatic rings. The summed E-state index contributed by atoms with van der Waals surface area (Å²) in [5, 5.41) is 0. The minimum atomic E-state index is -3.70. The van der Waals surface area contributed by atoms with Gasteiger partial charge in [-0.2, -0.15) is 8.42 Å². The molecule has 0 aromatic carbocycles. The van der Waals surface area contributed by atoms with Gasteiger partial charge in [0.15, 0.2) is 0 Å². The summed E-state index contributed by atoms with van der Waals surface area (Å²) >= 11 is 0. The first-order valence-corrected chi connectivity index (χ1v) is 8.89. The molecule has 9 heteroatoms. The van der Waals surface area contributed by atoms with Gasteiger partial charge in [0.25, 0.3) is 10.1 Å².